The maximum absolute atomic E-state index is 11.1. The fourth-order valence-electron chi connectivity index (χ4n) is 1.48. The Morgan fingerprint density at radius 2 is 2.06 bits per heavy atom. The van der Waals surface area contributed by atoms with Gasteiger partial charge in [-0.05, 0) is 24.5 Å². The lowest BCUT2D eigenvalue weighted by atomic mass is 10.0. The third-order valence-electron chi connectivity index (χ3n) is 2.13. The smallest absolute Gasteiger partial charge is 0.309 e. The number of carbonyl (C=O) groups is 1. The first-order chi connectivity index (χ1) is 7.11. The highest BCUT2D eigenvalue weighted by atomic mass is 35.5. The predicted molar refractivity (Wildman–Crippen MR) is 66.8 cm³/mol. The Kier molecular flexibility index (Phi) is 6.77. The van der Waals surface area contributed by atoms with Crippen LogP contribution in [-0.4, -0.2) is 19.1 Å². The number of hydrogen-bond acceptors (Lipinski definition) is 3. The summed E-state index contributed by atoms with van der Waals surface area (Å²) in [7, 11) is 1.40. The van der Waals surface area contributed by atoms with E-state index in [9.17, 15) is 4.79 Å². The van der Waals surface area contributed by atoms with Gasteiger partial charge in [0, 0.05) is 6.04 Å². The molecule has 0 saturated carbocycles. The molecule has 0 aliphatic rings. The van der Waals surface area contributed by atoms with Crippen LogP contribution in [0.2, 0.25) is 0 Å². The molecule has 0 spiro atoms. The second-order valence-corrected chi connectivity index (χ2v) is 3.75. The average molecular weight is 244 g/mol. The van der Waals surface area contributed by atoms with Gasteiger partial charge in [-0.1, -0.05) is 24.3 Å². The Morgan fingerprint density at radius 1 is 1.44 bits per heavy atom. The van der Waals surface area contributed by atoms with Crippen molar-refractivity contribution >= 4 is 18.4 Å². The van der Waals surface area contributed by atoms with E-state index in [2.05, 4.69) is 4.74 Å². The van der Waals surface area contributed by atoms with Crippen LogP contribution in [0.4, 0.5) is 0 Å². The van der Waals surface area contributed by atoms with E-state index in [0.717, 1.165) is 17.5 Å². The van der Waals surface area contributed by atoms with E-state index < -0.39 is 0 Å². The van der Waals surface area contributed by atoms with Crippen molar-refractivity contribution in [3.05, 3.63) is 35.4 Å². The maximum atomic E-state index is 11.1. The van der Waals surface area contributed by atoms with Gasteiger partial charge in [0.2, 0.25) is 0 Å². The fraction of sp³-hybridized carbons (Fsp3) is 0.417. The number of nitrogens with two attached hydrogens (primary N) is 1. The molecule has 0 radical (unpaired) electrons. The molecule has 1 rings (SSSR count). The van der Waals surface area contributed by atoms with Crippen LogP contribution in [0, 0.1) is 0 Å². The number of esters is 1. The lowest BCUT2D eigenvalue weighted by Crippen LogP contribution is -2.17. The van der Waals surface area contributed by atoms with Gasteiger partial charge in [0.25, 0.3) is 0 Å². The summed E-state index contributed by atoms with van der Waals surface area (Å²) in [5.41, 5.74) is 7.84. The van der Waals surface area contributed by atoms with Gasteiger partial charge in [-0.2, -0.15) is 0 Å². The van der Waals surface area contributed by atoms with E-state index in [0.29, 0.717) is 6.42 Å². The third-order valence-corrected chi connectivity index (χ3v) is 2.13. The highest BCUT2D eigenvalue weighted by molar-refractivity contribution is 5.85. The standard InChI is InChI=1S/C12H17NO2.ClH/c1-9(13)6-10-4-3-5-11(7-10)8-12(14)15-2;/h3-5,7,9H,6,8,13H2,1-2H3;1H/t9-;/m1./s1. The Morgan fingerprint density at radius 3 is 2.62 bits per heavy atom. The molecule has 0 amide bonds. The first-order valence-electron chi connectivity index (χ1n) is 5.02. The Labute approximate surface area is 102 Å². The van der Waals surface area contributed by atoms with E-state index in [-0.39, 0.29) is 24.4 Å². The number of rotatable bonds is 4. The summed E-state index contributed by atoms with van der Waals surface area (Å²) in [6.07, 6.45) is 1.15. The second-order valence-electron chi connectivity index (χ2n) is 3.75. The van der Waals surface area contributed by atoms with Gasteiger partial charge in [0.05, 0.1) is 13.5 Å². The second kappa shape index (κ2) is 7.25. The SMILES string of the molecule is COC(=O)Cc1cccc(C[C@@H](C)N)c1.Cl. The van der Waals surface area contributed by atoms with Gasteiger partial charge < -0.3 is 10.5 Å². The summed E-state index contributed by atoms with van der Waals surface area (Å²) in [4.78, 5) is 11.1. The third kappa shape index (κ3) is 5.14. The first kappa shape index (κ1) is 14.9. The minimum absolute atomic E-state index is 0. The minimum atomic E-state index is -0.215. The fourth-order valence-corrected chi connectivity index (χ4v) is 1.48. The number of ether oxygens (including phenoxy) is 1. The summed E-state index contributed by atoms with van der Waals surface area (Å²) in [6, 6.07) is 8.01. The molecule has 0 unspecified atom stereocenters. The monoisotopic (exact) mass is 243 g/mol. The molecule has 4 heteroatoms. The zero-order valence-electron chi connectivity index (χ0n) is 9.60. The Balaban J connectivity index is 0.00000225. The van der Waals surface area contributed by atoms with E-state index in [1.165, 1.54) is 7.11 Å². The van der Waals surface area contributed by atoms with Gasteiger partial charge in [0.1, 0.15) is 0 Å². The minimum Gasteiger partial charge on any atom is -0.469 e. The van der Waals surface area contributed by atoms with Crippen LogP contribution in [0.5, 0.6) is 0 Å². The molecule has 1 atom stereocenters. The lowest BCUT2D eigenvalue weighted by molar-refractivity contribution is -0.139. The van der Waals surface area contributed by atoms with Crippen LogP contribution in [-0.2, 0) is 22.4 Å². The molecule has 1 aromatic rings. The normalized spacial score (nSPS) is 11.4. The van der Waals surface area contributed by atoms with Gasteiger partial charge in [-0.3, -0.25) is 4.79 Å². The molecule has 2 N–H and O–H groups in total. The average Bonchev–Trinajstić information content (AvgIpc) is 2.17. The van der Waals surface area contributed by atoms with Crippen molar-refractivity contribution < 1.29 is 9.53 Å². The highest BCUT2D eigenvalue weighted by Crippen LogP contribution is 2.08. The molecule has 0 saturated heterocycles. The quantitative estimate of drug-likeness (QED) is 0.820. The lowest BCUT2D eigenvalue weighted by Gasteiger charge is -2.07. The van der Waals surface area contributed by atoms with E-state index in [4.69, 9.17) is 5.73 Å². The van der Waals surface area contributed by atoms with Crippen molar-refractivity contribution in [1.82, 2.24) is 0 Å². The van der Waals surface area contributed by atoms with Crippen molar-refractivity contribution in [3.8, 4) is 0 Å². The van der Waals surface area contributed by atoms with Crippen LogP contribution in [0.3, 0.4) is 0 Å². The summed E-state index contributed by atoms with van der Waals surface area (Å²) in [6.45, 7) is 1.97. The zero-order valence-corrected chi connectivity index (χ0v) is 10.4. The predicted octanol–water partition coefficient (Wildman–Crippen LogP) is 1.71. The molecule has 0 aliphatic carbocycles. The van der Waals surface area contributed by atoms with Crippen LogP contribution >= 0.6 is 12.4 Å². The van der Waals surface area contributed by atoms with Crippen molar-refractivity contribution in [2.75, 3.05) is 7.11 Å². The molecular formula is C12H18ClNO2. The van der Waals surface area contributed by atoms with E-state index in [1.807, 2.05) is 31.2 Å². The van der Waals surface area contributed by atoms with E-state index in [1.54, 1.807) is 0 Å². The Bertz CT molecular complexity index is 340. The molecular weight excluding hydrogens is 226 g/mol. The van der Waals surface area contributed by atoms with Crippen molar-refractivity contribution in [1.29, 1.82) is 0 Å². The molecule has 0 aliphatic heterocycles. The summed E-state index contributed by atoms with van der Waals surface area (Å²) < 4.78 is 4.61. The van der Waals surface area contributed by atoms with Crippen LogP contribution < -0.4 is 5.73 Å². The van der Waals surface area contributed by atoms with Gasteiger partial charge in [0.15, 0.2) is 0 Å². The zero-order chi connectivity index (χ0) is 11.3. The van der Waals surface area contributed by atoms with Gasteiger partial charge in [-0.25, -0.2) is 0 Å². The van der Waals surface area contributed by atoms with E-state index >= 15 is 0 Å². The number of carbonyl (C=O) groups excluding carboxylic acids is 1. The Hall–Kier alpha value is -1.06. The van der Waals surface area contributed by atoms with Crippen LogP contribution in [0.1, 0.15) is 18.1 Å². The number of methoxy groups -OCH3 is 1. The first-order valence-corrected chi connectivity index (χ1v) is 5.02. The molecule has 0 heterocycles. The van der Waals surface area contributed by atoms with Crippen molar-refractivity contribution in [3.63, 3.8) is 0 Å². The molecule has 0 aromatic heterocycles. The van der Waals surface area contributed by atoms with Gasteiger partial charge in [-0.15, -0.1) is 12.4 Å². The van der Waals surface area contributed by atoms with Crippen molar-refractivity contribution in [2.24, 2.45) is 5.73 Å². The topological polar surface area (TPSA) is 52.3 Å². The number of hydrogen-bond donors (Lipinski definition) is 1. The molecule has 90 valence electrons. The molecule has 3 nitrogen and oxygen atoms in total. The summed E-state index contributed by atoms with van der Waals surface area (Å²) >= 11 is 0. The largest absolute Gasteiger partial charge is 0.469 e. The van der Waals surface area contributed by atoms with Crippen molar-refractivity contribution in [2.45, 2.75) is 25.8 Å². The van der Waals surface area contributed by atoms with Crippen LogP contribution in [0.25, 0.3) is 0 Å². The molecule has 1 aromatic carbocycles. The number of benzene rings is 1. The molecule has 16 heavy (non-hydrogen) atoms. The number of halogens is 1. The highest BCUT2D eigenvalue weighted by Gasteiger charge is 2.04. The molecule has 0 bridgehead atoms. The van der Waals surface area contributed by atoms with Crippen LogP contribution in [0.15, 0.2) is 24.3 Å². The van der Waals surface area contributed by atoms with Gasteiger partial charge >= 0.3 is 5.97 Å². The maximum Gasteiger partial charge on any atom is 0.309 e. The summed E-state index contributed by atoms with van der Waals surface area (Å²) in [5, 5.41) is 0. The molecule has 0 fully saturated rings. The summed E-state index contributed by atoms with van der Waals surface area (Å²) in [5.74, 6) is -0.215.